The van der Waals surface area contributed by atoms with Crippen molar-refractivity contribution in [1.82, 2.24) is 10.3 Å². The molecule has 0 bridgehead atoms. The lowest BCUT2D eigenvalue weighted by atomic mass is 10.1. The Morgan fingerprint density at radius 1 is 1.50 bits per heavy atom. The molecular formula is C16H27N3O. The fourth-order valence-electron chi connectivity index (χ4n) is 2.79. The van der Waals surface area contributed by atoms with Gasteiger partial charge in [-0.2, -0.15) is 0 Å². The summed E-state index contributed by atoms with van der Waals surface area (Å²) >= 11 is 0. The maximum Gasteiger partial charge on any atom is 0.0750 e. The van der Waals surface area contributed by atoms with Crippen LogP contribution in [0, 0.1) is 5.92 Å². The molecule has 20 heavy (non-hydrogen) atoms. The summed E-state index contributed by atoms with van der Waals surface area (Å²) in [5.74, 6) is 0.668. The van der Waals surface area contributed by atoms with Crippen LogP contribution in [0.15, 0.2) is 18.5 Å². The zero-order valence-corrected chi connectivity index (χ0v) is 13.1. The molecule has 1 aromatic rings. The van der Waals surface area contributed by atoms with Crippen LogP contribution in [-0.2, 0) is 11.3 Å². The second kappa shape index (κ2) is 7.04. The van der Waals surface area contributed by atoms with Crippen molar-refractivity contribution in [3.05, 3.63) is 24.0 Å². The smallest absolute Gasteiger partial charge is 0.0750 e. The molecule has 0 spiro atoms. The van der Waals surface area contributed by atoms with Gasteiger partial charge in [-0.15, -0.1) is 0 Å². The zero-order valence-electron chi connectivity index (χ0n) is 13.1. The van der Waals surface area contributed by atoms with Crippen LogP contribution in [0.3, 0.4) is 0 Å². The Morgan fingerprint density at radius 2 is 2.30 bits per heavy atom. The Morgan fingerprint density at radius 3 is 2.95 bits per heavy atom. The summed E-state index contributed by atoms with van der Waals surface area (Å²) in [4.78, 5) is 6.63. The first-order valence-corrected chi connectivity index (χ1v) is 7.57. The highest BCUT2D eigenvalue weighted by Crippen LogP contribution is 2.26. The minimum atomic E-state index is 0.289. The van der Waals surface area contributed by atoms with Gasteiger partial charge in [-0.05, 0) is 37.4 Å². The number of hydrogen-bond acceptors (Lipinski definition) is 4. The van der Waals surface area contributed by atoms with Crippen LogP contribution in [0.5, 0.6) is 0 Å². The Kier molecular flexibility index (Phi) is 5.38. The lowest BCUT2D eigenvalue weighted by Gasteiger charge is -2.30. The van der Waals surface area contributed by atoms with Crippen LogP contribution in [0.1, 0.15) is 32.8 Å². The highest BCUT2D eigenvalue weighted by Gasteiger charge is 2.28. The number of rotatable bonds is 6. The molecular weight excluding hydrogens is 250 g/mol. The molecule has 112 valence electrons. The number of pyridine rings is 1. The molecule has 1 fully saturated rings. The molecule has 1 aromatic heterocycles. The third-order valence-electron chi connectivity index (χ3n) is 3.97. The summed E-state index contributed by atoms with van der Waals surface area (Å²) in [5, 5.41) is 3.51. The average Bonchev–Trinajstić information content (AvgIpc) is 2.84. The van der Waals surface area contributed by atoms with E-state index in [9.17, 15) is 0 Å². The third kappa shape index (κ3) is 3.70. The van der Waals surface area contributed by atoms with Crippen LogP contribution in [-0.4, -0.2) is 37.3 Å². The standard InChI is InChI=1S/C16H27N3O/c1-12(2)9-18-10-14-5-7-17-11-16(14)19(4)15-6-8-20-13(15)3/h5,7,11-13,15,18H,6,8-10H2,1-4H3. The van der Waals surface area contributed by atoms with E-state index in [1.54, 1.807) is 0 Å². The van der Waals surface area contributed by atoms with Gasteiger partial charge in [-0.1, -0.05) is 13.8 Å². The second-order valence-corrected chi connectivity index (χ2v) is 6.07. The number of likely N-dealkylation sites (N-methyl/N-ethyl adjacent to an activating group) is 1. The topological polar surface area (TPSA) is 37.4 Å². The Bertz CT molecular complexity index is 422. The van der Waals surface area contributed by atoms with E-state index < -0.39 is 0 Å². The minimum absolute atomic E-state index is 0.289. The van der Waals surface area contributed by atoms with Gasteiger partial charge in [-0.25, -0.2) is 0 Å². The molecule has 1 N–H and O–H groups in total. The van der Waals surface area contributed by atoms with Crippen LogP contribution < -0.4 is 10.2 Å². The summed E-state index contributed by atoms with van der Waals surface area (Å²) in [6.45, 7) is 9.39. The average molecular weight is 277 g/mol. The SMILES string of the molecule is CC(C)CNCc1ccncc1N(C)C1CCOC1C. The molecule has 4 heteroatoms. The predicted octanol–water partition coefficient (Wildman–Crippen LogP) is 2.44. The van der Waals surface area contributed by atoms with Crippen LogP contribution in [0.4, 0.5) is 5.69 Å². The Balaban J connectivity index is 2.06. The van der Waals surface area contributed by atoms with Gasteiger partial charge in [0.2, 0.25) is 0 Å². The molecule has 4 nitrogen and oxygen atoms in total. The normalized spacial score (nSPS) is 22.4. The van der Waals surface area contributed by atoms with Crippen molar-refractivity contribution < 1.29 is 4.74 Å². The van der Waals surface area contributed by atoms with Crippen molar-refractivity contribution in [3.63, 3.8) is 0 Å². The van der Waals surface area contributed by atoms with E-state index in [0.29, 0.717) is 12.0 Å². The van der Waals surface area contributed by atoms with E-state index in [-0.39, 0.29) is 6.10 Å². The largest absolute Gasteiger partial charge is 0.376 e. The number of hydrogen-bond donors (Lipinski definition) is 1. The van der Waals surface area contributed by atoms with Gasteiger partial charge in [0.15, 0.2) is 0 Å². The molecule has 1 aliphatic rings. The maximum atomic E-state index is 5.68. The summed E-state index contributed by atoms with van der Waals surface area (Å²) in [7, 11) is 2.15. The number of ether oxygens (including phenoxy) is 1. The molecule has 0 saturated carbocycles. The zero-order chi connectivity index (χ0) is 14.5. The number of nitrogens with one attached hydrogen (secondary N) is 1. The van der Waals surface area contributed by atoms with Gasteiger partial charge < -0.3 is 15.0 Å². The Labute approximate surface area is 122 Å². The highest BCUT2D eigenvalue weighted by atomic mass is 16.5. The molecule has 0 aromatic carbocycles. The molecule has 2 unspecified atom stereocenters. The van der Waals surface area contributed by atoms with Crippen molar-refractivity contribution in [1.29, 1.82) is 0 Å². The van der Waals surface area contributed by atoms with E-state index in [0.717, 1.165) is 26.1 Å². The van der Waals surface area contributed by atoms with Gasteiger partial charge >= 0.3 is 0 Å². The number of anilines is 1. The summed E-state index contributed by atoms with van der Waals surface area (Å²) < 4.78 is 5.68. The quantitative estimate of drug-likeness (QED) is 0.866. The molecule has 0 aliphatic carbocycles. The molecule has 1 aliphatic heterocycles. The lowest BCUT2D eigenvalue weighted by molar-refractivity contribution is 0.118. The van der Waals surface area contributed by atoms with E-state index >= 15 is 0 Å². The summed E-state index contributed by atoms with van der Waals surface area (Å²) in [6, 6.07) is 2.56. The van der Waals surface area contributed by atoms with Gasteiger partial charge in [0.05, 0.1) is 24.0 Å². The molecule has 2 atom stereocenters. The van der Waals surface area contributed by atoms with E-state index in [4.69, 9.17) is 4.74 Å². The predicted molar refractivity (Wildman–Crippen MR) is 83.0 cm³/mol. The molecule has 0 radical (unpaired) electrons. The minimum Gasteiger partial charge on any atom is -0.376 e. The van der Waals surface area contributed by atoms with E-state index in [1.807, 2.05) is 12.4 Å². The van der Waals surface area contributed by atoms with E-state index in [1.165, 1.54) is 11.3 Å². The van der Waals surface area contributed by atoms with Crippen molar-refractivity contribution >= 4 is 5.69 Å². The van der Waals surface area contributed by atoms with Crippen molar-refractivity contribution in [3.8, 4) is 0 Å². The maximum absolute atomic E-state index is 5.68. The fraction of sp³-hybridized carbons (Fsp3) is 0.688. The van der Waals surface area contributed by atoms with Gasteiger partial charge in [-0.3, -0.25) is 4.98 Å². The van der Waals surface area contributed by atoms with E-state index in [2.05, 4.69) is 49.1 Å². The highest BCUT2D eigenvalue weighted by molar-refractivity contribution is 5.52. The molecule has 1 saturated heterocycles. The third-order valence-corrected chi connectivity index (χ3v) is 3.97. The molecule has 2 heterocycles. The van der Waals surface area contributed by atoms with Crippen LogP contribution in [0.2, 0.25) is 0 Å². The summed E-state index contributed by atoms with van der Waals surface area (Å²) in [6.07, 6.45) is 5.22. The van der Waals surface area contributed by atoms with Crippen molar-refractivity contribution in [2.24, 2.45) is 5.92 Å². The lowest BCUT2D eigenvalue weighted by Crippen LogP contribution is -2.37. The second-order valence-electron chi connectivity index (χ2n) is 6.07. The van der Waals surface area contributed by atoms with Crippen molar-refractivity contribution in [2.45, 2.75) is 45.9 Å². The first-order valence-electron chi connectivity index (χ1n) is 7.57. The van der Waals surface area contributed by atoms with Crippen LogP contribution in [0.25, 0.3) is 0 Å². The summed E-state index contributed by atoms with van der Waals surface area (Å²) in [5.41, 5.74) is 2.52. The molecule has 2 rings (SSSR count). The first-order chi connectivity index (χ1) is 9.59. The van der Waals surface area contributed by atoms with Gasteiger partial charge in [0.1, 0.15) is 0 Å². The van der Waals surface area contributed by atoms with Gasteiger partial charge in [0.25, 0.3) is 0 Å². The van der Waals surface area contributed by atoms with Gasteiger partial charge in [0, 0.05) is 26.4 Å². The first kappa shape index (κ1) is 15.3. The van der Waals surface area contributed by atoms with Crippen LogP contribution >= 0.6 is 0 Å². The fourth-order valence-corrected chi connectivity index (χ4v) is 2.79. The number of nitrogens with zero attached hydrogens (tertiary/aromatic N) is 2. The molecule has 0 amide bonds. The monoisotopic (exact) mass is 277 g/mol. The Hall–Kier alpha value is -1.13. The number of aromatic nitrogens is 1. The van der Waals surface area contributed by atoms with Crippen molar-refractivity contribution in [2.75, 3.05) is 25.1 Å².